The molecule has 3 N–H and O–H groups in total. The van der Waals surface area contributed by atoms with Crippen LogP contribution in [0.15, 0.2) is 15.5 Å². The molecule has 0 saturated heterocycles. The molecule has 20 heavy (non-hydrogen) atoms. The van der Waals surface area contributed by atoms with Gasteiger partial charge in [-0.05, 0) is 48.5 Å². The predicted molar refractivity (Wildman–Crippen MR) is 80.4 cm³/mol. The maximum Gasteiger partial charge on any atom is 0.291 e. The summed E-state index contributed by atoms with van der Waals surface area (Å²) < 4.78 is 1.98. The molecule has 0 radical (unpaired) electrons. The second kappa shape index (κ2) is 5.55. The third-order valence-electron chi connectivity index (χ3n) is 3.71. The molecule has 0 bridgehead atoms. The summed E-state index contributed by atoms with van der Waals surface area (Å²) in [4.78, 5) is 23.8. The SMILES string of the molecule is CC(C)(Nc1c(Br)cnn(CC2CCC2)c1=O)C(N)=O. The second-order valence-electron chi connectivity index (χ2n) is 5.77. The molecule has 0 unspecified atom stereocenters. The van der Waals surface area contributed by atoms with Gasteiger partial charge in [0.1, 0.15) is 11.2 Å². The summed E-state index contributed by atoms with van der Waals surface area (Å²) in [5, 5.41) is 7.05. The number of nitrogens with two attached hydrogens (primary N) is 1. The summed E-state index contributed by atoms with van der Waals surface area (Å²) in [5.41, 5.74) is 4.41. The van der Waals surface area contributed by atoms with Crippen LogP contribution in [0.5, 0.6) is 0 Å². The molecule has 1 heterocycles. The molecule has 1 aromatic rings. The van der Waals surface area contributed by atoms with Crippen molar-refractivity contribution in [1.82, 2.24) is 9.78 Å². The molecule has 1 aromatic heterocycles. The molecule has 0 aliphatic heterocycles. The van der Waals surface area contributed by atoms with E-state index in [0.717, 1.165) is 12.8 Å². The van der Waals surface area contributed by atoms with Crippen LogP contribution in [0.2, 0.25) is 0 Å². The Balaban J connectivity index is 2.29. The summed E-state index contributed by atoms with van der Waals surface area (Å²) in [6.45, 7) is 3.90. The number of carbonyl (C=O) groups is 1. The maximum atomic E-state index is 12.4. The van der Waals surface area contributed by atoms with Gasteiger partial charge >= 0.3 is 0 Å². The minimum absolute atomic E-state index is 0.236. The number of primary amides is 1. The number of nitrogens with zero attached hydrogens (tertiary/aromatic N) is 2. The van der Waals surface area contributed by atoms with E-state index >= 15 is 0 Å². The van der Waals surface area contributed by atoms with Crippen LogP contribution in [-0.2, 0) is 11.3 Å². The summed E-state index contributed by atoms with van der Waals surface area (Å²) >= 11 is 3.29. The smallest absolute Gasteiger partial charge is 0.291 e. The van der Waals surface area contributed by atoms with E-state index in [2.05, 4.69) is 26.3 Å². The summed E-state index contributed by atoms with van der Waals surface area (Å²) in [6.07, 6.45) is 5.06. The standard InChI is InChI=1S/C13H19BrN4O2/c1-13(2,12(15)20)17-10-9(14)6-16-18(11(10)19)7-8-4-3-5-8/h6,8,17H,3-5,7H2,1-2H3,(H2,15,20). The van der Waals surface area contributed by atoms with Gasteiger partial charge in [0.25, 0.3) is 5.56 Å². The van der Waals surface area contributed by atoms with Crippen molar-refractivity contribution < 1.29 is 4.79 Å². The fraction of sp³-hybridized carbons (Fsp3) is 0.615. The lowest BCUT2D eigenvalue weighted by molar-refractivity contribution is -0.121. The van der Waals surface area contributed by atoms with Crippen LogP contribution < -0.4 is 16.6 Å². The Morgan fingerprint density at radius 2 is 2.25 bits per heavy atom. The van der Waals surface area contributed by atoms with Gasteiger partial charge < -0.3 is 11.1 Å². The molecule has 110 valence electrons. The lowest BCUT2D eigenvalue weighted by Gasteiger charge is -2.27. The molecule has 1 aliphatic rings. The number of hydrogen-bond acceptors (Lipinski definition) is 4. The lowest BCUT2D eigenvalue weighted by Crippen LogP contribution is -2.47. The topological polar surface area (TPSA) is 90.0 Å². The molecule has 0 atom stereocenters. The first kappa shape index (κ1) is 15.0. The first-order chi connectivity index (χ1) is 9.31. The summed E-state index contributed by atoms with van der Waals surface area (Å²) in [7, 11) is 0. The minimum Gasteiger partial charge on any atom is -0.368 e. The monoisotopic (exact) mass is 342 g/mol. The Bertz CT molecular complexity index is 578. The van der Waals surface area contributed by atoms with Crippen molar-refractivity contribution in [3.8, 4) is 0 Å². The first-order valence-electron chi connectivity index (χ1n) is 6.65. The second-order valence-corrected chi connectivity index (χ2v) is 6.62. The zero-order chi connectivity index (χ0) is 14.9. The highest BCUT2D eigenvalue weighted by Crippen LogP contribution is 2.27. The Morgan fingerprint density at radius 3 is 2.75 bits per heavy atom. The molecule has 7 heteroatoms. The third-order valence-corrected chi connectivity index (χ3v) is 4.31. The highest BCUT2D eigenvalue weighted by Gasteiger charge is 2.27. The molecule has 1 saturated carbocycles. The van der Waals surface area contributed by atoms with Crippen LogP contribution in [0.25, 0.3) is 0 Å². The van der Waals surface area contributed by atoms with Gasteiger partial charge in [0.2, 0.25) is 5.91 Å². The predicted octanol–water partition coefficient (Wildman–Crippen LogP) is 1.48. The van der Waals surface area contributed by atoms with Crippen molar-refractivity contribution in [1.29, 1.82) is 0 Å². The number of nitrogens with one attached hydrogen (secondary N) is 1. The van der Waals surface area contributed by atoms with Crippen molar-refractivity contribution in [3.63, 3.8) is 0 Å². The van der Waals surface area contributed by atoms with Gasteiger partial charge in [-0.1, -0.05) is 6.42 Å². The number of hydrogen-bond donors (Lipinski definition) is 2. The Labute approximate surface area is 125 Å². The average Bonchev–Trinajstić information content (AvgIpc) is 2.31. The highest BCUT2D eigenvalue weighted by molar-refractivity contribution is 9.10. The molecule has 1 amide bonds. The Hall–Kier alpha value is -1.37. The molecule has 1 aliphatic carbocycles. The van der Waals surface area contributed by atoms with Crippen LogP contribution >= 0.6 is 15.9 Å². The van der Waals surface area contributed by atoms with E-state index in [9.17, 15) is 9.59 Å². The van der Waals surface area contributed by atoms with E-state index in [1.54, 1.807) is 20.0 Å². The largest absolute Gasteiger partial charge is 0.368 e. The first-order valence-corrected chi connectivity index (χ1v) is 7.44. The van der Waals surface area contributed by atoms with Crippen LogP contribution in [0, 0.1) is 5.92 Å². The van der Waals surface area contributed by atoms with Gasteiger partial charge in [-0.3, -0.25) is 9.59 Å². The third kappa shape index (κ3) is 3.03. The maximum absolute atomic E-state index is 12.4. The van der Waals surface area contributed by atoms with Crippen molar-refractivity contribution in [2.75, 3.05) is 5.32 Å². The van der Waals surface area contributed by atoms with Crippen molar-refractivity contribution >= 4 is 27.5 Å². The van der Waals surface area contributed by atoms with Crippen LogP contribution in [0.3, 0.4) is 0 Å². The van der Waals surface area contributed by atoms with Crippen LogP contribution in [0.1, 0.15) is 33.1 Å². The minimum atomic E-state index is -1.00. The van der Waals surface area contributed by atoms with Gasteiger partial charge in [0.15, 0.2) is 0 Å². The number of rotatable bonds is 5. The van der Waals surface area contributed by atoms with Gasteiger partial charge in [0, 0.05) is 6.54 Å². The van der Waals surface area contributed by atoms with Crippen molar-refractivity contribution in [2.24, 2.45) is 11.7 Å². The zero-order valence-corrected chi connectivity index (χ0v) is 13.2. The summed E-state index contributed by atoms with van der Waals surface area (Å²) in [5.74, 6) is 0.00420. The highest BCUT2D eigenvalue weighted by atomic mass is 79.9. The average molecular weight is 343 g/mol. The zero-order valence-electron chi connectivity index (χ0n) is 11.6. The number of aromatic nitrogens is 2. The van der Waals surface area contributed by atoms with Crippen molar-refractivity contribution in [2.45, 2.75) is 45.2 Å². The van der Waals surface area contributed by atoms with Gasteiger partial charge in [-0.2, -0.15) is 5.10 Å². The molecular weight excluding hydrogens is 324 g/mol. The normalized spacial score (nSPS) is 15.8. The fourth-order valence-corrected chi connectivity index (χ4v) is 2.37. The van der Waals surface area contributed by atoms with E-state index < -0.39 is 11.4 Å². The van der Waals surface area contributed by atoms with Gasteiger partial charge in [0.05, 0.1) is 10.7 Å². The number of amides is 1. The quantitative estimate of drug-likeness (QED) is 0.847. The molecule has 2 rings (SSSR count). The number of carbonyl (C=O) groups excluding carboxylic acids is 1. The van der Waals surface area contributed by atoms with E-state index in [1.807, 2.05) is 0 Å². The molecule has 0 aromatic carbocycles. The number of anilines is 1. The molecule has 1 fully saturated rings. The van der Waals surface area contributed by atoms with Crippen LogP contribution in [-0.4, -0.2) is 21.2 Å². The molecular formula is C13H19BrN4O2. The molecule has 6 nitrogen and oxygen atoms in total. The van der Waals surface area contributed by atoms with Crippen LogP contribution in [0.4, 0.5) is 5.69 Å². The van der Waals surface area contributed by atoms with E-state index in [0.29, 0.717) is 22.6 Å². The van der Waals surface area contributed by atoms with E-state index in [1.165, 1.54) is 11.1 Å². The Morgan fingerprint density at radius 1 is 1.60 bits per heavy atom. The number of halogens is 1. The van der Waals surface area contributed by atoms with Gasteiger partial charge in [-0.25, -0.2) is 4.68 Å². The van der Waals surface area contributed by atoms with Gasteiger partial charge in [-0.15, -0.1) is 0 Å². The lowest BCUT2D eigenvalue weighted by atomic mass is 9.85. The van der Waals surface area contributed by atoms with Crippen molar-refractivity contribution in [3.05, 3.63) is 21.0 Å². The Kier molecular flexibility index (Phi) is 4.17. The van der Waals surface area contributed by atoms with E-state index in [-0.39, 0.29) is 5.56 Å². The fourth-order valence-electron chi connectivity index (χ4n) is 2.01. The molecule has 0 spiro atoms. The summed E-state index contributed by atoms with van der Waals surface area (Å²) in [6, 6.07) is 0. The van der Waals surface area contributed by atoms with E-state index in [4.69, 9.17) is 5.73 Å².